The molecule has 0 bridgehead atoms. The Morgan fingerprint density at radius 2 is 1.57 bits per heavy atom. The zero-order chi connectivity index (χ0) is 16.8. The summed E-state index contributed by atoms with van der Waals surface area (Å²) >= 11 is 0. The van der Waals surface area contributed by atoms with Crippen LogP contribution < -0.4 is 14.8 Å². The second-order valence-electron chi connectivity index (χ2n) is 5.43. The van der Waals surface area contributed by atoms with E-state index in [0.29, 0.717) is 13.2 Å². The normalized spacial score (nSPS) is 10.1. The monoisotopic (exact) mass is 319 g/mol. The number of carbonyl (C=O) groups excluding carboxylic acids is 1. The predicted molar refractivity (Wildman–Crippen MR) is 94.0 cm³/mol. The fourth-order valence-electron chi connectivity index (χ4n) is 2.05. The van der Waals surface area contributed by atoms with Crippen LogP contribution in [0, 0.1) is 0 Å². The zero-order valence-corrected chi connectivity index (χ0v) is 14.2. The summed E-state index contributed by atoms with van der Waals surface area (Å²) in [6.07, 6.45) is 7.91. The van der Waals surface area contributed by atoms with Gasteiger partial charge < -0.3 is 14.8 Å². The molecule has 0 saturated carbocycles. The molecule has 0 aliphatic heterocycles. The molecule has 0 saturated heterocycles. The van der Waals surface area contributed by atoms with Crippen molar-refractivity contribution in [3.05, 3.63) is 36.9 Å². The molecule has 1 N–H and O–H groups in total. The van der Waals surface area contributed by atoms with Crippen molar-refractivity contribution in [1.29, 1.82) is 0 Å². The van der Waals surface area contributed by atoms with Crippen LogP contribution >= 0.6 is 0 Å². The number of unbranched alkanes of at least 4 members (excludes halogenated alkanes) is 4. The molecule has 1 aromatic rings. The van der Waals surface area contributed by atoms with Gasteiger partial charge in [0.1, 0.15) is 11.5 Å². The molecule has 0 aromatic heterocycles. The second-order valence-corrected chi connectivity index (χ2v) is 5.43. The Labute approximate surface area is 139 Å². The number of amides is 1. The van der Waals surface area contributed by atoms with E-state index in [4.69, 9.17) is 9.47 Å². The minimum Gasteiger partial charge on any atom is -0.494 e. The fourth-order valence-corrected chi connectivity index (χ4v) is 2.05. The van der Waals surface area contributed by atoms with E-state index < -0.39 is 0 Å². The first kappa shape index (κ1) is 19.1. The minimum absolute atomic E-state index is 0.129. The van der Waals surface area contributed by atoms with Crippen molar-refractivity contribution in [2.75, 3.05) is 19.8 Å². The van der Waals surface area contributed by atoms with Gasteiger partial charge in [-0.1, -0.05) is 32.8 Å². The molecule has 1 amide bonds. The Balaban J connectivity index is 2.09. The maximum absolute atomic E-state index is 11.0. The summed E-state index contributed by atoms with van der Waals surface area (Å²) in [4.78, 5) is 11.0. The molecular weight excluding hydrogens is 290 g/mol. The molecule has 4 nitrogen and oxygen atoms in total. The number of hydrogen-bond acceptors (Lipinski definition) is 3. The largest absolute Gasteiger partial charge is 0.494 e. The van der Waals surface area contributed by atoms with E-state index in [2.05, 4.69) is 18.8 Å². The fraction of sp³-hybridized carbons (Fsp3) is 0.526. The average molecular weight is 319 g/mol. The van der Waals surface area contributed by atoms with E-state index in [1.807, 2.05) is 24.3 Å². The SMILES string of the molecule is C=CC(=O)NCCCCOc1ccc(OCCCCCC)cc1. The average Bonchev–Trinajstić information content (AvgIpc) is 2.58. The van der Waals surface area contributed by atoms with E-state index in [0.717, 1.165) is 37.4 Å². The first-order valence-electron chi connectivity index (χ1n) is 8.52. The van der Waals surface area contributed by atoms with Crippen molar-refractivity contribution < 1.29 is 14.3 Å². The lowest BCUT2D eigenvalue weighted by molar-refractivity contribution is -0.116. The summed E-state index contributed by atoms with van der Waals surface area (Å²) in [5.74, 6) is 1.61. The summed E-state index contributed by atoms with van der Waals surface area (Å²) < 4.78 is 11.4. The standard InChI is InChI=1S/C19H29NO3/c1-3-5-6-8-15-22-17-10-12-18(13-11-17)23-16-9-7-14-20-19(21)4-2/h4,10-13H,2-3,5-9,14-16H2,1H3,(H,20,21). The van der Waals surface area contributed by atoms with Gasteiger partial charge in [-0.15, -0.1) is 0 Å². The van der Waals surface area contributed by atoms with Gasteiger partial charge in [-0.2, -0.15) is 0 Å². The molecule has 0 aliphatic carbocycles. The van der Waals surface area contributed by atoms with Crippen molar-refractivity contribution in [3.8, 4) is 11.5 Å². The molecular formula is C19H29NO3. The number of rotatable bonds is 13. The van der Waals surface area contributed by atoms with Crippen LogP contribution in [0.4, 0.5) is 0 Å². The molecule has 23 heavy (non-hydrogen) atoms. The minimum atomic E-state index is -0.129. The van der Waals surface area contributed by atoms with Gasteiger partial charge in [-0.25, -0.2) is 0 Å². The van der Waals surface area contributed by atoms with Crippen molar-refractivity contribution in [2.45, 2.75) is 45.4 Å². The van der Waals surface area contributed by atoms with Crippen LogP contribution in [0.2, 0.25) is 0 Å². The maximum Gasteiger partial charge on any atom is 0.243 e. The van der Waals surface area contributed by atoms with Gasteiger partial charge in [0.05, 0.1) is 13.2 Å². The summed E-state index contributed by atoms with van der Waals surface area (Å²) in [6, 6.07) is 7.75. The van der Waals surface area contributed by atoms with Gasteiger partial charge in [0.2, 0.25) is 5.91 Å². The van der Waals surface area contributed by atoms with E-state index in [9.17, 15) is 4.79 Å². The Hall–Kier alpha value is -1.97. The Kier molecular flexibility index (Phi) is 10.4. The molecule has 0 aliphatic rings. The molecule has 1 rings (SSSR count). The van der Waals surface area contributed by atoms with Crippen molar-refractivity contribution in [2.24, 2.45) is 0 Å². The number of ether oxygens (including phenoxy) is 2. The first-order valence-corrected chi connectivity index (χ1v) is 8.52. The van der Waals surface area contributed by atoms with Gasteiger partial charge in [0, 0.05) is 6.54 Å². The van der Waals surface area contributed by atoms with Crippen molar-refractivity contribution in [1.82, 2.24) is 5.32 Å². The Bertz CT molecular complexity index is 442. The first-order chi connectivity index (χ1) is 11.3. The third kappa shape index (κ3) is 9.61. The van der Waals surface area contributed by atoms with Gasteiger partial charge in [-0.3, -0.25) is 4.79 Å². The van der Waals surface area contributed by atoms with E-state index in [1.165, 1.54) is 25.3 Å². The number of nitrogens with one attached hydrogen (secondary N) is 1. The summed E-state index contributed by atoms with van der Waals surface area (Å²) in [5.41, 5.74) is 0. The smallest absolute Gasteiger partial charge is 0.243 e. The van der Waals surface area contributed by atoms with E-state index in [1.54, 1.807) is 0 Å². The second kappa shape index (κ2) is 12.6. The van der Waals surface area contributed by atoms with Gasteiger partial charge in [0.15, 0.2) is 0 Å². The molecule has 0 spiro atoms. The molecule has 1 aromatic carbocycles. The highest BCUT2D eigenvalue weighted by Gasteiger charge is 1.98. The summed E-state index contributed by atoms with van der Waals surface area (Å²) in [6.45, 7) is 7.68. The maximum atomic E-state index is 11.0. The molecule has 0 fully saturated rings. The van der Waals surface area contributed by atoms with Gasteiger partial charge in [0.25, 0.3) is 0 Å². The van der Waals surface area contributed by atoms with E-state index >= 15 is 0 Å². The van der Waals surface area contributed by atoms with Crippen LogP contribution in [0.3, 0.4) is 0 Å². The molecule has 128 valence electrons. The summed E-state index contributed by atoms with van der Waals surface area (Å²) in [7, 11) is 0. The molecule has 0 unspecified atom stereocenters. The van der Waals surface area contributed by atoms with Crippen LogP contribution in [0.5, 0.6) is 11.5 Å². The molecule has 4 heteroatoms. The van der Waals surface area contributed by atoms with Crippen LogP contribution in [0.25, 0.3) is 0 Å². The molecule has 0 heterocycles. The lowest BCUT2D eigenvalue weighted by Crippen LogP contribution is -2.22. The van der Waals surface area contributed by atoms with Crippen LogP contribution in [-0.4, -0.2) is 25.7 Å². The highest BCUT2D eigenvalue weighted by Crippen LogP contribution is 2.18. The van der Waals surface area contributed by atoms with Crippen LogP contribution in [0.15, 0.2) is 36.9 Å². The Morgan fingerprint density at radius 1 is 1.00 bits per heavy atom. The zero-order valence-electron chi connectivity index (χ0n) is 14.2. The number of carbonyl (C=O) groups is 1. The highest BCUT2D eigenvalue weighted by atomic mass is 16.5. The summed E-state index contributed by atoms with van der Waals surface area (Å²) in [5, 5.41) is 2.74. The molecule has 0 radical (unpaired) electrons. The number of benzene rings is 1. The van der Waals surface area contributed by atoms with Gasteiger partial charge >= 0.3 is 0 Å². The third-order valence-corrected chi connectivity index (χ3v) is 3.41. The predicted octanol–water partition coefficient (Wildman–Crippen LogP) is 4.11. The third-order valence-electron chi connectivity index (χ3n) is 3.41. The molecule has 0 atom stereocenters. The Morgan fingerprint density at radius 3 is 2.09 bits per heavy atom. The quantitative estimate of drug-likeness (QED) is 0.440. The topological polar surface area (TPSA) is 47.6 Å². The van der Waals surface area contributed by atoms with Gasteiger partial charge in [-0.05, 0) is 49.6 Å². The van der Waals surface area contributed by atoms with Crippen molar-refractivity contribution >= 4 is 5.91 Å². The van der Waals surface area contributed by atoms with E-state index in [-0.39, 0.29) is 5.91 Å². The van der Waals surface area contributed by atoms with Crippen LogP contribution in [-0.2, 0) is 4.79 Å². The van der Waals surface area contributed by atoms with Crippen molar-refractivity contribution in [3.63, 3.8) is 0 Å². The number of hydrogen-bond donors (Lipinski definition) is 1. The lowest BCUT2D eigenvalue weighted by atomic mass is 10.2. The van der Waals surface area contributed by atoms with Crippen LogP contribution in [0.1, 0.15) is 45.4 Å². The highest BCUT2D eigenvalue weighted by molar-refractivity contribution is 5.86. The lowest BCUT2D eigenvalue weighted by Gasteiger charge is -2.09.